The summed E-state index contributed by atoms with van der Waals surface area (Å²) in [7, 11) is 0. The minimum absolute atomic E-state index is 0.314. The molecule has 134 valence electrons. The lowest BCUT2D eigenvalue weighted by atomic mass is 10.2. The van der Waals surface area contributed by atoms with E-state index in [0.717, 1.165) is 15.8 Å². The van der Waals surface area contributed by atoms with Crippen molar-refractivity contribution in [2.75, 3.05) is 13.2 Å². The van der Waals surface area contributed by atoms with E-state index in [1.54, 1.807) is 6.08 Å². The van der Waals surface area contributed by atoms with Gasteiger partial charge >= 0.3 is 0 Å². The van der Waals surface area contributed by atoms with Gasteiger partial charge in [0, 0.05) is 18.2 Å². The molecule has 0 fully saturated rings. The van der Waals surface area contributed by atoms with Gasteiger partial charge in [-0.2, -0.15) is 4.99 Å². The standard InChI is InChI=1S/C21H16N2O3S/c1-2-10-23-16-13-17-18(26-12-11-25-17)14-19(16)27-21(23)22-20(24)9-8-15-6-4-3-5-7-15/h1,3-9,13-14H,10-12H2. The van der Waals surface area contributed by atoms with Crippen LogP contribution in [0.4, 0.5) is 0 Å². The van der Waals surface area contributed by atoms with Crippen LogP contribution >= 0.6 is 11.3 Å². The summed E-state index contributed by atoms with van der Waals surface area (Å²) in [5, 5.41) is 0. The zero-order valence-electron chi connectivity index (χ0n) is 14.4. The zero-order valence-corrected chi connectivity index (χ0v) is 15.2. The number of hydrogen-bond donors (Lipinski definition) is 0. The second-order valence-electron chi connectivity index (χ2n) is 5.83. The molecular weight excluding hydrogens is 360 g/mol. The maximum absolute atomic E-state index is 12.3. The van der Waals surface area contributed by atoms with Gasteiger partial charge in [0.25, 0.3) is 5.91 Å². The lowest BCUT2D eigenvalue weighted by molar-refractivity contribution is -0.113. The highest BCUT2D eigenvalue weighted by atomic mass is 32.1. The highest BCUT2D eigenvalue weighted by Gasteiger charge is 2.16. The number of carbonyl (C=O) groups is 1. The Morgan fingerprint density at radius 3 is 2.70 bits per heavy atom. The number of benzene rings is 2. The van der Waals surface area contributed by atoms with Crippen molar-refractivity contribution in [3.05, 3.63) is 58.9 Å². The second-order valence-corrected chi connectivity index (χ2v) is 6.84. The molecule has 1 amide bonds. The Balaban J connectivity index is 1.74. The van der Waals surface area contributed by atoms with E-state index < -0.39 is 0 Å². The number of ether oxygens (including phenoxy) is 2. The van der Waals surface area contributed by atoms with Crippen LogP contribution in [0.25, 0.3) is 16.3 Å². The molecule has 0 atom stereocenters. The molecule has 0 spiro atoms. The van der Waals surface area contributed by atoms with E-state index in [4.69, 9.17) is 15.9 Å². The van der Waals surface area contributed by atoms with Crippen molar-refractivity contribution in [1.29, 1.82) is 0 Å². The fourth-order valence-electron chi connectivity index (χ4n) is 2.80. The average Bonchev–Trinajstić information content (AvgIpc) is 3.02. The molecule has 0 saturated heterocycles. The summed E-state index contributed by atoms with van der Waals surface area (Å²) < 4.78 is 14.1. The molecule has 5 nitrogen and oxygen atoms in total. The minimum atomic E-state index is -0.339. The van der Waals surface area contributed by atoms with E-state index in [0.29, 0.717) is 36.1 Å². The van der Waals surface area contributed by atoms with E-state index in [1.165, 1.54) is 17.4 Å². The lowest BCUT2D eigenvalue weighted by Crippen LogP contribution is -2.17. The van der Waals surface area contributed by atoms with Crippen molar-refractivity contribution in [2.24, 2.45) is 4.99 Å². The first-order valence-electron chi connectivity index (χ1n) is 8.43. The molecular formula is C21H16N2O3S. The topological polar surface area (TPSA) is 52.8 Å². The van der Waals surface area contributed by atoms with Gasteiger partial charge in [-0.05, 0) is 11.6 Å². The quantitative estimate of drug-likeness (QED) is 0.521. The first kappa shape index (κ1) is 17.1. The van der Waals surface area contributed by atoms with Crippen LogP contribution in [-0.4, -0.2) is 23.7 Å². The van der Waals surface area contributed by atoms with E-state index in [9.17, 15) is 4.79 Å². The number of nitrogens with zero attached hydrogens (tertiary/aromatic N) is 2. The van der Waals surface area contributed by atoms with Crippen LogP contribution in [-0.2, 0) is 11.3 Å². The summed E-state index contributed by atoms with van der Waals surface area (Å²) in [5.41, 5.74) is 1.82. The Hall–Kier alpha value is -3.30. The number of hydrogen-bond acceptors (Lipinski definition) is 4. The van der Waals surface area contributed by atoms with Gasteiger partial charge in [-0.1, -0.05) is 47.6 Å². The van der Waals surface area contributed by atoms with Crippen molar-refractivity contribution in [3.8, 4) is 23.8 Å². The molecule has 0 unspecified atom stereocenters. The molecule has 0 bridgehead atoms. The number of fused-ring (bicyclic) bond motifs is 2. The molecule has 3 aromatic rings. The molecule has 2 aromatic carbocycles. The SMILES string of the molecule is C#CCn1c(=NC(=O)C=Cc2ccccc2)sc2cc3c(cc21)OCCO3. The van der Waals surface area contributed by atoms with Crippen molar-refractivity contribution in [2.45, 2.75) is 6.54 Å². The Morgan fingerprint density at radius 2 is 1.96 bits per heavy atom. The molecule has 4 rings (SSSR count). The van der Waals surface area contributed by atoms with Crippen molar-refractivity contribution in [3.63, 3.8) is 0 Å². The lowest BCUT2D eigenvalue weighted by Gasteiger charge is -2.18. The van der Waals surface area contributed by atoms with Crippen molar-refractivity contribution >= 4 is 33.5 Å². The van der Waals surface area contributed by atoms with E-state index in [1.807, 2.05) is 47.0 Å². The molecule has 1 aliphatic heterocycles. The fraction of sp³-hybridized carbons (Fsp3) is 0.143. The number of terminal acetylenes is 1. The highest BCUT2D eigenvalue weighted by molar-refractivity contribution is 7.16. The van der Waals surface area contributed by atoms with E-state index in [2.05, 4.69) is 10.9 Å². The van der Waals surface area contributed by atoms with Gasteiger partial charge in [-0.15, -0.1) is 6.42 Å². The number of rotatable bonds is 3. The Morgan fingerprint density at radius 1 is 1.22 bits per heavy atom. The Kier molecular flexibility index (Phi) is 4.77. The van der Waals surface area contributed by atoms with Crippen LogP contribution in [0.2, 0.25) is 0 Å². The van der Waals surface area contributed by atoms with Crippen LogP contribution in [0.5, 0.6) is 11.5 Å². The molecule has 0 radical (unpaired) electrons. The summed E-state index contributed by atoms with van der Waals surface area (Å²) in [6.07, 6.45) is 8.72. The maximum atomic E-state index is 12.3. The average molecular weight is 376 g/mol. The van der Waals surface area contributed by atoms with E-state index >= 15 is 0 Å². The van der Waals surface area contributed by atoms with Gasteiger partial charge in [0.05, 0.1) is 16.8 Å². The fourth-order valence-corrected chi connectivity index (χ4v) is 3.84. The predicted octanol–water partition coefficient (Wildman–Crippen LogP) is 3.25. The van der Waals surface area contributed by atoms with Crippen LogP contribution in [0, 0.1) is 12.3 Å². The Labute approximate surface area is 160 Å². The second kappa shape index (κ2) is 7.52. The monoisotopic (exact) mass is 376 g/mol. The molecule has 6 heteroatoms. The molecule has 0 N–H and O–H groups in total. The zero-order chi connectivity index (χ0) is 18.6. The molecule has 0 aliphatic carbocycles. The minimum Gasteiger partial charge on any atom is -0.486 e. The summed E-state index contributed by atoms with van der Waals surface area (Å²) in [6, 6.07) is 13.4. The van der Waals surface area contributed by atoms with Gasteiger partial charge in [-0.3, -0.25) is 4.79 Å². The van der Waals surface area contributed by atoms with Gasteiger partial charge in [-0.25, -0.2) is 0 Å². The highest BCUT2D eigenvalue weighted by Crippen LogP contribution is 2.35. The molecule has 2 heterocycles. The summed E-state index contributed by atoms with van der Waals surface area (Å²) in [4.78, 5) is 17.1. The molecule has 1 aromatic heterocycles. The van der Waals surface area contributed by atoms with Gasteiger partial charge in [0.2, 0.25) is 0 Å². The predicted molar refractivity (Wildman–Crippen MR) is 106 cm³/mol. The number of carbonyl (C=O) groups excluding carboxylic acids is 1. The third-order valence-corrected chi connectivity index (χ3v) is 5.06. The first-order valence-corrected chi connectivity index (χ1v) is 9.24. The molecule has 1 aliphatic rings. The Bertz CT molecular complexity index is 1130. The summed E-state index contributed by atoms with van der Waals surface area (Å²) in [5.74, 6) is 3.66. The largest absolute Gasteiger partial charge is 0.486 e. The van der Waals surface area contributed by atoms with Gasteiger partial charge in [0.15, 0.2) is 16.3 Å². The molecule has 0 saturated carbocycles. The van der Waals surface area contributed by atoms with Gasteiger partial charge in [0.1, 0.15) is 13.2 Å². The maximum Gasteiger partial charge on any atom is 0.272 e. The third-order valence-electron chi connectivity index (χ3n) is 4.02. The van der Waals surface area contributed by atoms with Crippen molar-refractivity contribution < 1.29 is 14.3 Å². The number of aromatic nitrogens is 1. The van der Waals surface area contributed by atoms with Gasteiger partial charge < -0.3 is 14.0 Å². The smallest absolute Gasteiger partial charge is 0.272 e. The summed E-state index contributed by atoms with van der Waals surface area (Å²) in [6.45, 7) is 1.35. The van der Waals surface area contributed by atoms with Crippen molar-refractivity contribution in [1.82, 2.24) is 4.57 Å². The summed E-state index contributed by atoms with van der Waals surface area (Å²) >= 11 is 1.40. The third kappa shape index (κ3) is 3.64. The van der Waals surface area contributed by atoms with Crippen LogP contribution in [0.15, 0.2) is 53.5 Å². The van der Waals surface area contributed by atoms with Crippen LogP contribution < -0.4 is 14.3 Å². The van der Waals surface area contributed by atoms with Crippen LogP contribution in [0.3, 0.4) is 0 Å². The molecule has 27 heavy (non-hydrogen) atoms. The number of thiazole rings is 1. The first-order chi connectivity index (χ1) is 13.2. The number of amides is 1. The normalized spacial score (nSPS) is 13.8. The van der Waals surface area contributed by atoms with E-state index in [-0.39, 0.29) is 5.91 Å². The van der Waals surface area contributed by atoms with Crippen LogP contribution in [0.1, 0.15) is 5.56 Å².